The van der Waals surface area contributed by atoms with Gasteiger partial charge in [0.2, 0.25) is 11.8 Å². The van der Waals surface area contributed by atoms with Crippen molar-refractivity contribution in [2.75, 3.05) is 0 Å². The second-order valence-electron chi connectivity index (χ2n) is 19.5. The Morgan fingerprint density at radius 3 is 1.26 bits per heavy atom. The van der Waals surface area contributed by atoms with Crippen LogP contribution in [0.5, 0.6) is 0 Å². The van der Waals surface area contributed by atoms with Gasteiger partial charge in [0, 0.05) is 36.6 Å². The number of carbonyl (C=O) groups is 5. The number of aromatic amines is 2. The lowest BCUT2D eigenvalue weighted by molar-refractivity contribution is -0.123. The van der Waals surface area contributed by atoms with Crippen LogP contribution in [0.2, 0.25) is 0 Å². The van der Waals surface area contributed by atoms with Crippen molar-refractivity contribution in [3.8, 4) is 22.3 Å². The number of hydrogen-bond donors (Lipinski definition) is 10. The first-order chi connectivity index (χ1) is 39.7. The lowest BCUT2D eigenvalue weighted by Crippen LogP contribution is -2.44. The van der Waals surface area contributed by atoms with Gasteiger partial charge in [0.1, 0.15) is 41.7 Å². The number of ether oxygens (including phenoxy) is 1. The van der Waals surface area contributed by atoms with E-state index >= 15 is 0 Å². The molecule has 0 aliphatic heterocycles. The first-order valence-corrected chi connectivity index (χ1v) is 26.6. The summed E-state index contributed by atoms with van der Waals surface area (Å²) >= 11 is 0. The molecule has 2 atom stereocenters. The molecule has 0 aliphatic carbocycles. The van der Waals surface area contributed by atoms with Crippen molar-refractivity contribution in [2.24, 2.45) is 5.73 Å². The maximum absolute atomic E-state index is 12.8. The Balaban J connectivity index is 0.000000221. The maximum Gasteiger partial charge on any atom is 0.413 e. The maximum atomic E-state index is 12.8. The second-order valence-corrected chi connectivity index (χ2v) is 19.5. The first kappa shape index (κ1) is 57.6. The van der Waals surface area contributed by atoms with Crippen LogP contribution >= 0.6 is 0 Å². The minimum absolute atomic E-state index is 0.00430. The Bertz CT molecular complexity index is 3600. The highest BCUT2D eigenvalue weighted by Crippen LogP contribution is 2.23. The molecule has 9 aromatic rings. The van der Waals surface area contributed by atoms with Crippen LogP contribution in [0.4, 0.5) is 4.79 Å². The fourth-order valence-electron chi connectivity index (χ4n) is 8.60. The van der Waals surface area contributed by atoms with Crippen LogP contribution < -0.4 is 32.3 Å². The predicted octanol–water partition coefficient (Wildman–Crippen LogP) is 9.95. The molecular weight excluding hydrogens is 1030 g/mol. The zero-order valence-electron chi connectivity index (χ0n) is 45.4. The van der Waals surface area contributed by atoms with Crippen molar-refractivity contribution in [1.82, 2.24) is 36.6 Å². The SMILES string of the molecule is C[C@H](NC(=O)c1cc(Cc2ccc(-c3ccccc3)cc2)c[nH]1)C(=O)NCc1ccc(C(=N)N)cc1.C[C@H](NC(=O)c1cc(Cc2ccc(-c3ccccc3)cc2)c[nH]1)C(=O)NCc1ccc(C(=N)NC(=O)OCc2ccccc2)cc1. The van der Waals surface area contributed by atoms with Gasteiger partial charge in [-0.15, -0.1) is 0 Å². The van der Waals surface area contributed by atoms with E-state index in [1.807, 2.05) is 79.0 Å². The molecule has 2 heterocycles. The molecule has 0 fully saturated rings. The van der Waals surface area contributed by atoms with E-state index < -0.39 is 18.2 Å². The van der Waals surface area contributed by atoms with E-state index in [4.69, 9.17) is 21.3 Å². The van der Waals surface area contributed by atoms with E-state index in [1.54, 1.807) is 74.6 Å². The molecule has 11 N–H and O–H groups in total. The van der Waals surface area contributed by atoms with Crippen molar-refractivity contribution in [1.29, 1.82) is 10.8 Å². The number of nitrogens with two attached hydrogens (primary N) is 1. The van der Waals surface area contributed by atoms with Crippen molar-refractivity contribution in [3.63, 3.8) is 0 Å². The number of benzene rings is 7. The third-order valence-electron chi connectivity index (χ3n) is 13.3. The molecule has 16 nitrogen and oxygen atoms in total. The Hall–Kier alpha value is -10.6. The van der Waals surface area contributed by atoms with Crippen LogP contribution in [0.25, 0.3) is 22.3 Å². The number of carbonyl (C=O) groups excluding carboxylic acids is 5. The van der Waals surface area contributed by atoms with Crippen molar-refractivity contribution >= 4 is 41.4 Å². The zero-order valence-corrected chi connectivity index (χ0v) is 45.4. The molecule has 7 aromatic carbocycles. The average Bonchev–Trinajstić information content (AvgIpc) is 4.27. The quantitative estimate of drug-likeness (QED) is 0.0261. The third-order valence-corrected chi connectivity index (χ3v) is 13.3. The summed E-state index contributed by atoms with van der Waals surface area (Å²) in [7, 11) is 0. The number of H-pyrrole nitrogens is 2. The number of nitrogen functional groups attached to an aromatic ring is 1. The number of alkyl carbamates (subject to hydrolysis) is 1. The number of amides is 5. The molecule has 0 saturated carbocycles. The van der Waals surface area contributed by atoms with Crippen LogP contribution in [0, 0.1) is 10.8 Å². The minimum atomic E-state index is -0.761. The Labute approximate surface area is 476 Å². The first-order valence-electron chi connectivity index (χ1n) is 26.6. The van der Waals surface area contributed by atoms with E-state index in [1.165, 1.54) is 5.56 Å². The summed E-state index contributed by atoms with van der Waals surface area (Å²) in [4.78, 5) is 68.7. The summed E-state index contributed by atoms with van der Waals surface area (Å²) in [6.45, 7) is 3.92. The van der Waals surface area contributed by atoms with Gasteiger partial charge in [-0.3, -0.25) is 35.3 Å². The molecule has 16 heteroatoms. The fraction of sp³-hybridized carbons (Fsp3) is 0.136. The van der Waals surface area contributed by atoms with E-state index in [-0.39, 0.29) is 48.5 Å². The van der Waals surface area contributed by atoms with Crippen molar-refractivity contribution < 1.29 is 28.7 Å². The average molecular weight is 1090 g/mol. The highest BCUT2D eigenvalue weighted by molar-refractivity contribution is 6.04. The Kier molecular flexibility index (Phi) is 19.9. The summed E-state index contributed by atoms with van der Waals surface area (Å²) in [6.07, 6.45) is 4.26. The molecule has 5 amide bonds. The van der Waals surface area contributed by atoms with Gasteiger partial charge >= 0.3 is 6.09 Å². The Morgan fingerprint density at radius 2 is 0.841 bits per heavy atom. The van der Waals surface area contributed by atoms with Gasteiger partial charge in [-0.25, -0.2) is 4.79 Å². The van der Waals surface area contributed by atoms with Crippen LogP contribution in [0.3, 0.4) is 0 Å². The van der Waals surface area contributed by atoms with Gasteiger partial charge in [0.25, 0.3) is 11.8 Å². The number of aromatic nitrogens is 2. The summed E-state index contributed by atoms with van der Waals surface area (Å²) < 4.78 is 5.16. The number of amidine groups is 2. The molecule has 0 spiro atoms. The molecule has 0 saturated heterocycles. The van der Waals surface area contributed by atoms with Crippen LogP contribution in [-0.4, -0.2) is 63.4 Å². The summed E-state index contributed by atoms with van der Waals surface area (Å²) in [6, 6.07) is 62.5. The standard InChI is InChI=1S/C37H35N5O4.C29H29N5O2/c1-25(41-36(44)33-21-29(23-39-33)20-26-12-16-31(17-13-26)30-10-6-3-7-11-30)35(43)40-22-27-14-18-32(19-15-27)34(38)42-37(45)46-24-28-8-4-2-5-9-28;1-19(28(35)33-17-21-9-13-25(14-10-21)27(30)31)34-29(36)26-16-22(18-32-26)15-20-7-11-24(12-8-20)23-5-3-2-4-6-23/h2-19,21,23,25,39H,20,22,24H2,1H3,(H,40,43)(H,41,44)(H2,38,42,45);2-14,16,18-19,32H,15,17H2,1H3,(H3,30,31)(H,33,35)(H,34,36)/t25-;19-/m00/s1. The van der Waals surface area contributed by atoms with Crippen LogP contribution in [0.1, 0.15) is 84.9 Å². The molecule has 9 rings (SSSR count). The van der Waals surface area contributed by atoms with Gasteiger partial charge in [-0.2, -0.15) is 0 Å². The van der Waals surface area contributed by atoms with E-state index in [9.17, 15) is 24.0 Å². The van der Waals surface area contributed by atoms with Crippen LogP contribution in [-0.2, 0) is 46.9 Å². The molecule has 414 valence electrons. The largest absolute Gasteiger partial charge is 0.444 e. The van der Waals surface area contributed by atoms with E-state index in [0.29, 0.717) is 41.9 Å². The topological polar surface area (TPSA) is 260 Å². The molecule has 2 aromatic heterocycles. The highest BCUT2D eigenvalue weighted by atomic mass is 16.5. The number of nitrogens with one attached hydrogen (secondary N) is 9. The lowest BCUT2D eigenvalue weighted by Gasteiger charge is -2.14. The van der Waals surface area contributed by atoms with Gasteiger partial charge in [0.15, 0.2) is 0 Å². The third kappa shape index (κ3) is 16.9. The highest BCUT2D eigenvalue weighted by Gasteiger charge is 2.20. The monoisotopic (exact) mass is 1090 g/mol. The van der Waals surface area contributed by atoms with Crippen molar-refractivity contribution in [2.45, 2.75) is 58.5 Å². The van der Waals surface area contributed by atoms with Crippen LogP contribution in [0.15, 0.2) is 213 Å². The summed E-state index contributed by atoms with van der Waals surface area (Å²) in [5, 5.41) is 29.1. The predicted molar refractivity (Wildman–Crippen MR) is 319 cm³/mol. The zero-order chi connectivity index (χ0) is 57.8. The molecule has 0 radical (unpaired) electrons. The molecule has 82 heavy (non-hydrogen) atoms. The van der Waals surface area contributed by atoms with E-state index in [2.05, 4.69) is 109 Å². The fourth-order valence-corrected chi connectivity index (χ4v) is 8.60. The molecule has 0 aliphatic rings. The molecule has 0 unspecified atom stereocenters. The van der Waals surface area contributed by atoms with Gasteiger partial charge < -0.3 is 41.7 Å². The van der Waals surface area contributed by atoms with Gasteiger partial charge in [-0.05, 0) is 100 Å². The van der Waals surface area contributed by atoms with E-state index in [0.717, 1.165) is 55.6 Å². The number of rotatable bonds is 20. The molecule has 0 bridgehead atoms. The smallest absolute Gasteiger partial charge is 0.413 e. The summed E-state index contributed by atoms with van der Waals surface area (Å²) in [5.41, 5.74) is 18.7. The van der Waals surface area contributed by atoms with Crippen molar-refractivity contribution in [3.05, 3.63) is 274 Å². The summed E-state index contributed by atoms with van der Waals surface area (Å²) in [5.74, 6) is -1.43. The lowest BCUT2D eigenvalue weighted by atomic mass is 10.0. The Morgan fingerprint density at radius 1 is 0.463 bits per heavy atom. The normalized spacial score (nSPS) is 11.3. The molecular formula is C66H64N10O6. The minimum Gasteiger partial charge on any atom is -0.444 e. The second kappa shape index (κ2) is 28.3. The van der Waals surface area contributed by atoms with Gasteiger partial charge in [0.05, 0.1) is 0 Å². The van der Waals surface area contributed by atoms with Gasteiger partial charge in [-0.1, -0.05) is 188 Å². The number of hydrogen-bond acceptors (Lipinski definition) is 8.